The highest BCUT2D eigenvalue weighted by Gasteiger charge is 2.17. The van der Waals surface area contributed by atoms with Gasteiger partial charge in [-0.2, -0.15) is 0 Å². The molecular formula is C38H28N2. The molecule has 190 valence electrons. The first-order chi connectivity index (χ1) is 19.7. The van der Waals surface area contributed by atoms with E-state index >= 15 is 0 Å². The Morgan fingerprint density at radius 1 is 0.450 bits per heavy atom. The van der Waals surface area contributed by atoms with Crippen molar-refractivity contribution in [3.8, 4) is 44.5 Å². The van der Waals surface area contributed by atoms with E-state index in [2.05, 4.69) is 132 Å². The Kier molecular flexibility index (Phi) is 5.94. The molecule has 0 atom stereocenters. The van der Waals surface area contributed by atoms with Crippen LogP contribution in [-0.4, -0.2) is 9.97 Å². The van der Waals surface area contributed by atoms with Crippen molar-refractivity contribution in [2.75, 3.05) is 0 Å². The molecule has 0 amide bonds. The van der Waals surface area contributed by atoms with Crippen LogP contribution in [0.25, 0.3) is 66.1 Å². The lowest BCUT2D eigenvalue weighted by Gasteiger charge is -2.18. The minimum Gasteiger partial charge on any atom is -0.264 e. The molecule has 0 spiro atoms. The summed E-state index contributed by atoms with van der Waals surface area (Å²) < 4.78 is 0. The predicted octanol–water partition coefficient (Wildman–Crippen LogP) is 10.1. The zero-order valence-electron chi connectivity index (χ0n) is 22.6. The largest absolute Gasteiger partial charge is 0.264 e. The van der Waals surface area contributed by atoms with E-state index < -0.39 is 0 Å². The highest BCUT2D eigenvalue weighted by molar-refractivity contribution is 6.21. The number of rotatable bonds is 4. The van der Waals surface area contributed by atoms with Gasteiger partial charge in [0.2, 0.25) is 0 Å². The van der Waals surface area contributed by atoms with Gasteiger partial charge in [0.15, 0.2) is 0 Å². The van der Waals surface area contributed by atoms with E-state index in [0.717, 1.165) is 11.3 Å². The van der Waals surface area contributed by atoms with Crippen LogP contribution in [-0.2, 0) is 0 Å². The van der Waals surface area contributed by atoms with Crippen LogP contribution < -0.4 is 0 Å². The lowest BCUT2D eigenvalue weighted by molar-refractivity contribution is 1.20. The number of benzene rings is 5. The number of pyridine rings is 2. The molecule has 2 heterocycles. The zero-order chi connectivity index (χ0) is 27.1. The molecule has 0 radical (unpaired) electrons. The van der Waals surface area contributed by atoms with Crippen LogP contribution in [0.1, 0.15) is 11.3 Å². The lowest BCUT2D eigenvalue weighted by atomic mass is 9.85. The molecule has 0 saturated carbocycles. The van der Waals surface area contributed by atoms with Crippen LogP contribution in [0.3, 0.4) is 0 Å². The Hall–Kier alpha value is -5.08. The fourth-order valence-corrected chi connectivity index (χ4v) is 5.86. The molecule has 5 aromatic carbocycles. The molecule has 0 saturated heterocycles. The highest BCUT2D eigenvalue weighted by Crippen LogP contribution is 2.44. The Labute approximate surface area is 234 Å². The second-order valence-corrected chi connectivity index (χ2v) is 10.4. The van der Waals surface area contributed by atoms with Crippen molar-refractivity contribution < 1.29 is 0 Å². The number of fused-ring (bicyclic) bond motifs is 2. The van der Waals surface area contributed by atoms with Crippen molar-refractivity contribution in [1.82, 2.24) is 9.97 Å². The SMILES string of the molecule is Cc1ccc(-c2cccc(-c3c4ccccc4c(-c4ccc(-c5ccncc5C)cc4)c4ccccc34)c2)cn1. The third-order valence-electron chi connectivity index (χ3n) is 7.83. The van der Waals surface area contributed by atoms with Gasteiger partial charge in [0, 0.05) is 29.8 Å². The quantitative estimate of drug-likeness (QED) is 0.219. The first-order valence-electron chi connectivity index (χ1n) is 13.7. The smallest absolute Gasteiger partial charge is 0.0373 e. The van der Waals surface area contributed by atoms with Crippen molar-refractivity contribution >= 4 is 21.5 Å². The number of aryl methyl sites for hydroxylation is 2. The van der Waals surface area contributed by atoms with E-state index in [-0.39, 0.29) is 0 Å². The van der Waals surface area contributed by atoms with E-state index in [1.807, 2.05) is 25.5 Å². The van der Waals surface area contributed by atoms with Gasteiger partial charge in [0.05, 0.1) is 0 Å². The molecule has 0 unspecified atom stereocenters. The Morgan fingerprint density at radius 2 is 1.02 bits per heavy atom. The van der Waals surface area contributed by atoms with Crippen LogP contribution in [0.5, 0.6) is 0 Å². The second-order valence-electron chi connectivity index (χ2n) is 10.4. The summed E-state index contributed by atoms with van der Waals surface area (Å²) >= 11 is 0. The monoisotopic (exact) mass is 512 g/mol. The molecule has 0 bridgehead atoms. The van der Waals surface area contributed by atoms with Crippen molar-refractivity contribution in [1.29, 1.82) is 0 Å². The molecule has 7 aromatic rings. The van der Waals surface area contributed by atoms with E-state index in [4.69, 9.17) is 0 Å². The minimum atomic E-state index is 1.02. The molecule has 0 fully saturated rings. The topological polar surface area (TPSA) is 25.8 Å². The van der Waals surface area contributed by atoms with Gasteiger partial charge in [-0.25, -0.2) is 0 Å². The summed E-state index contributed by atoms with van der Waals surface area (Å²) in [6.07, 6.45) is 5.75. The van der Waals surface area contributed by atoms with Crippen LogP contribution in [0.2, 0.25) is 0 Å². The maximum atomic E-state index is 4.53. The van der Waals surface area contributed by atoms with E-state index in [1.54, 1.807) is 0 Å². The molecule has 0 aliphatic heterocycles. The van der Waals surface area contributed by atoms with Gasteiger partial charge in [0.1, 0.15) is 0 Å². The summed E-state index contributed by atoms with van der Waals surface area (Å²) in [7, 11) is 0. The molecule has 2 heteroatoms. The predicted molar refractivity (Wildman–Crippen MR) is 168 cm³/mol. The van der Waals surface area contributed by atoms with Gasteiger partial charge in [-0.05, 0) is 98.1 Å². The average Bonchev–Trinajstić information content (AvgIpc) is 3.01. The normalized spacial score (nSPS) is 11.2. The van der Waals surface area contributed by atoms with Gasteiger partial charge in [-0.15, -0.1) is 0 Å². The first kappa shape index (κ1) is 24.0. The standard InChI is InChI=1S/C38H28N2/c1-25-23-39-21-20-32(25)27-16-18-28(19-17-27)37-33-10-3-5-12-35(33)38(36-13-6-4-11-34(36)37)30-9-7-8-29(22-30)31-15-14-26(2)40-24-31/h3-24H,1-2H3. The summed E-state index contributed by atoms with van der Waals surface area (Å²) in [5.74, 6) is 0. The summed E-state index contributed by atoms with van der Waals surface area (Å²) in [6.45, 7) is 4.13. The van der Waals surface area contributed by atoms with E-state index in [1.165, 1.54) is 66.1 Å². The third kappa shape index (κ3) is 4.15. The number of hydrogen-bond acceptors (Lipinski definition) is 2. The fraction of sp³-hybridized carbons (Fsp3) is 0.0526. The minimum absolute atomic E-state index is 1.02. The van der Waals surface area contributed by atoms with Crippen molar-refractivity contribution in [2.24, 2.45) is 0 Å². The molecule has 0 aliphatic carbocycles. The van der Waals surface area contributed by atoms with Crippen LogP contribution >= 0.6 is 0 Å². The zero-order valence-corrected chi connectivity index (χ0v) is 22.6. The summed E-state index contributed by atoms with van der Waals surface area (Å²) in [5.41, 5.74) is 11.9. The summed E-state index contributed by atoms with van der Waals surface area (Å²) in [6, 6.07) is 41.8. The molecule has 2 nitrogen and oxygen atoms in total. The molecule has 2 aromatic heterocycles. The summed E-state index contributed by atoms with van der Waals surface area (Å²) in [5, 5.41) is 5.02. The maximum Gasteiger partial charge on any atom is 0.0373 e. The van der Waals surface area contributed by atoms with Gasteiger partial charge in [0.25, 0.3) is 0 Å². The Bertz CT molecular complexity index is 1950. The second kappa shape index (κ2) is 9.91. The van der Waals surface area contributed by atoms with E-state index in [9.17, 15) is 0 Å². The number of hydrogen-bond donors (Lipinski definition) is 0. The molecule has 7 rings (SSSR count). The van der Waals surface area contributed by atoms with Gasteiger partial charge >= 0.3 is 0 Å². The third-order valence-corrected chi connectivity index (χ3v) is 7.83. The van der Waals surface area contributed by atoms with Crippen LogP contribution in [0.4, 0.5) is 0 Å². The molecule has 0 aliphatic rings. The van der Waals surface area contributed by atoms with Gasteiger partial charge in [-0.1, -0.05) is 97.1 Å². The van der Waals surface area contributed by atoms with Gasteiger partial charge in [-0.3, -0.25) is 9.97 Å². The van der Waals surface area contributed by atoms with Gasteiger partial charge < -0.3 is 0 Å². The number of aromatic nitrogens is 2. The van der Waals surface area contributed by atoms with Crippen molar-refractivity contribution in [3.63, 3.8) is 0 Å². The molecule has 40 heavy (non-hydrogen) atoms. The molecule has 0 N–H and O–H groups in total. The fourth-order valence-electron chi connectivity index (χ4n) is 5.86. The highest BCUT2D eigenvalue weighted by atomic mass is 14.7. The first-order valence-corrected chi connectivity index (χ1v) is 13.7. The Balaban J connectivity index is 1.45. The van der Waals surface area contributed by atoms with Crippen molar-refractivity contribution in [3.05, 3.63) is 145 Å². The lowest BCUT2D eigenvalue weighted by Crippen LogP contribution is -1.91. The Morgan fingerprint density at radius 3 is 1.62 bits per heavy atom. The number of nitrogens with zero attached hydrogens (tertiary/aromatic N) is 2. The van der Waals surface area contributed by atoms with Crippen LogP contribution in [0.15, 0.2) is 134 Å². The average molecular weight is 513 g/mol. The molecular weight excluding hydrogens is 484 g/mol. The van der Waals surface area contributed by atoms with Crippen molar-refractivity contribution in [2.45, 2.75) is 13.8 Å². The summed E-state index contributed by atoms with van der Waals surface area (Å²) in [4.78, 5) is 8.79. The maximum absolute atomic E-state index is 4.53. The van der Waals surface area contributed by atoms with E-state index in [0.29, 0.717) is 0 Å². The van der Waals surface area contributed by atoms with Crippen LogP contribution in [0, 0.1) is 13.8 Å².